The van der Waals surface area contributed by atoms with Crippen molar-refractivity contribution in [2.75, 3.05) is 18.8 Å². The Labute approximate surface area is 169 Å². The first-order valence-electron chi connectivity index (χ1n) is 9.31. The first-order valence-corrected chi connectivity index (χ1v) is 11.0. The molecule has 1 saturated heterocycles. The Balaban J connectivity index is 1.77. The van der Waals surface area contributed by atoms with Gasteiger partial charge in [0.15, 0.2) is 0 Å². The Hall–Kier alpha value is -0.870. The smallest absolute Gasteiger partial charge is 0.137 e. The predicted molar refractivity (Wildman–Crippen MR) is 112 cm³/mol. The summed E-state index contributed by atoms with van der Waals surface area (Å²) < 4.78 is 6.40. The number of unbranched alkanes of at least 4 members (excludes halogenated alkanes) is 1. The molecule has 1 N–H and O–H groups in total. The van der Waals surface area contributed by atoms with Crippen LogP contribution < -0.4 is 10.1 Å². The number of hydrogen-bond donors (Lipinski definition) is 1. The Morgan fingerprint density at radius 1 is 1.23 bits per heavy atom. The summed E-state index contributed by atoms with van der Waals surface area (Å²) in [6.07, 6.45) is 3.77. The lowest BCUT2D eigenvalue weighted by Crippen LogP contribution is -2.37. The van der Waals surface area contributed by atoms with E-state index in [1.54, 1.807) is 0 Å². The lowest BCUT2D eigenvalue weighted by Gasteiger charge is -2.24. The van der Waals surface area contributed by atoms with Crippen LogP contribution in [0, 0.1) is 0 Å². The third-order valence-electron chi connectivity index (χ3n) is 5.17. The van der Waals surface area contributed by atoms with Crippen molar-refractivity contribution in [1.29, 1.82) is 0 Å². The zero-order valence-corrected chi connectivity index (χ0v) is 17.2. The molecule has 0 spiro atoms. The monoisotopic (exact) mass is 407 g/mol. The van der Waals surface area contributed by atoms with E-state index in [4.69, 9.17) is 27.9 Å². The van der Waals surface area contributed by atoms with Crippen LogP contribution in [0.25, 0.3) is 11.1 Å². The van der Waals surface area contributed by atoms with Gasteiger partial charge in [0.2, 0.25) is 0 Å². The third kappa shape index (κ3) is 3.60. The molecule has 2 atom stereocenters. The van der Waals surface area contributed by atoms with E-state index in [1.165, 1.54) is 23.3 Å². The fraction of sp³-hybridized carbons (Fsp3) is 0.429. The number of fused-ring (bicyclic) bond motifs is 3. The SMILES string of the molecule is CCCCSc1cc(-c2ccc(Cl)cc2Cl)cc2c1OC1CCNCC21. The van der Waals surface area contributed by atoms with Gasteiger partial charge in [-0.1, -0.05) is 42.6 Å². The maximum absolute atomic E-state index is 6.50. The molecule has 2 aliphatic rings. The molecule has 4 rings (SSSR count). The van der Waals surface area contributed by atoms with Crippen LogP contribution in [0.1, 0.15) is 37.7 Å². The molecule has 0 bridgehead atoms. The summed E-state index contributed by atoms with van der Waals surface area (Å²) in [5.74, 6) is 2.63. The largest absolute Gasteiger partial charge is 0.488 e. The highest BCUT2D eigenvalue weighted by Gasteiger charge is 2.38. The van der Waals surface area contributed by atoms with Crippen LogP contribution in [0.3, 0.4) is 0 Å². The number of piperidine rings is 1. The summed E-state index contributed by atoms with van der Waals surface area (Å²) in [5, 5.41) is 4.87. The molecule has 0 amide bonds. The summed E-state index contributed by atoms with van der Waals surface area (Å²) >= 11 is 14.5. The van der Waals surface area contributed by atoms with Crippen molar-refractivity contribution < 1.29 is 4.74 Å². The van der Waals surface area contributed by atoms with Crippen molar-refractivity contribution in [2.24, 2.45) is 0 Å². The second kappa shape index (κ2) is 8.02. The summed E-state index contributed by atoms with van der Waals surface area (Å²) in [4.78, 5) is 1.24. The highest BCUT2D eigenvalue weighted by molar-refractivity contribution is 7.99. The average Bonchev–Trinajstić information content (AvgIpc) is 3.01. The molecule has 0 aromatic heterocycles. The molecule has 0 saturated carbocycles. The number of rotatable bonds is 5. The Morgan fingerprint density at radius 3 is 2.92 bits per heavy atom. The van der Waals surface area contributed by atoms with E-state index < -0.39 is 0 Å². The first kappa shape index (κ1) is 18.5. The summed E-state index contributed by atoms with van der Waals surface area (Å²) in [6, 6.07) is 10.2. The molecule has 2 aliphatic heterocycles. The number of hydrogen-bond acceptors (Lipinski definition) is 3. The van der Waals surface area contributed by atoms with Gasteiger partial charge in [-0.2, -0.15) is 0 Å². The highest BCUT2D eigenvalue weighted by Crippen LogP contribution is 2.48. The maximum Gasteiger partial charge on any atom is 0.137 e. The van der Waals surface area contributed by atoms with E-state index >= 15 is 0 Å². The number of benzene rings is 2. The van der Waals surface area contributed by atoms with Gasteiger partial charge in [0.05, 0.1) is 4.90 Å². The average molecular weight is 408 g/mol. The van der Waals surface area contributed by atoms with E-state index in [-0.39, 0.29) is 0 Å². The van der Waals surface area contributed by atoms with Crippen molar-refractivity contribution >= 4 is 35.0 Å². The van der Waals surface area contributed by atoms with Gasteiger partial charge in [-0.3, -0.25) is 0 Å². The second-order valence-electron chi connectivity index (χ2n) is 6.97. The number of thioether (sulfide) groups is 1. The predicted octanol–water partition coefficient (Wildman–Crippen LogP) is 6.39. The van der Waals surface area contributed by atoms with Crippen LogP contribution in [-0.2, 0) is 0 Å². The molecule has 138 valence electrons. The van der Waals surface area contributed by atoms with Crippen molar-refractivity contribution in [3.05, 3.63) is 45.9 Å². The fourth-order valence-electron chi connectivity index (χ4n) is 3.78. The number of nitrogens with one attached hydrogen (secondary N) is 1. The molecule has 2 heterocycles. The van der Waals surface area contributed by atoms with Crippen LogP contribution >= 0.6 is 35.0 Å². The Morgan fingerprint density at radius 2 is 2.12 bits per heavy atom. The molecule has 2 unspecified atom stereocenters. The first-order chi connectivity index (χ1) is 12.7. The van der Waals surface area contributed by atoms with Crippen molar-refractivity contribution in [1.82, 2.24) is 5.32 Å². The molecular weight excluding hydrogens is 385 g/mol. The van der Waals surface area contributed by atoms with Crippen LogP contribution in [0.4, 0.5) is 0 Å². The van der Waals surface area contributed by atoms with Gasteiger partial charge in [-0.15, -0.1) is 11.8 Å². The zero-order valence-electron chi connectivity index (χ0n) is 14.9. The van der Waals surface area contributed by atoms with Gasteiger partial charge in [-0.25, -0.2) is 0 Å². The fourth-order valence-corrected chi connectivity index (χ4v) is 5.45. The minimum absolute atomic E-state index is 0.299. The molecular formula is C21H23Cl2NOS. The minimum atomic E-state index is 0.299. The molecule has 0 aliphatic carbocycles. The quantitative estimate of drug-likeness (QED) is 0.458. The third-order valence-corrected chi connectivity index (χ3v) is 6.82. The Kier molecular flexibility index (Phi) is 5.70. The minimum Gasteiger partial charge on any atom is -0.488 e. The van der Waals surface area contributed by atoms with Crippen LogP contribution in [-0.4, -0.2) is 24.9 Å². The van der Waals surface area contributed by atoms with Gasteiger partial charge in [0, 0.05) is 33.6 Å². The summed E-state index contributed by atoms with van der Waals surface area (Å²) in [7, 11) is 0. The van der Waals surface area contributed by atoms with Gasteiger partial charge in [-0.05, 0) is 55.0 Å². The molecule has 2 aromatic carbocycles. The van der Waals surface area contributed by atoms with Gasteiger partial charge >= 0.3 is 0 Å². The van der Waals surface area contributed by atoms with Crippen LogP contribution in [0.2, 0.25) is 10.0 Å². The molecule has 26 heavy (non-hydrogen) atoms. The van der Waals surface area contributed by atoms with Crippen molar-refractivity contribution in [2.45, 2.75) is 43.1 Å². The van der Waals surface area contributed by atoms with E-state index in [0.29, 0.717) is 22.1 Å². The van der Waals surface area contributed by atoms with E-state index in [2.05, 4.69) is 24.4 Å². The van der Waals surface area contributed by atoms with Gasteiger partial charge in [0.25, 0.3) is 0 Å². The zero-order chi connectivity index (χ0) is 18.1. The summed E-state index contributed by atoms with van der Waals surface area (Å²) in [5.41, 5.74) is 3.51. The van der Waals surface area contributed by atoms with E-state index in [9.17, 15) is 0 Å². The normalized spacial score (nSPS) is 21.2. The van der Waals surface area contributed by atoms with Gasteiger partial charge in [0.1, 0.15) is 11.9 Å². The Bertz CT molecular complexity index is 811. The molecule has 2 aromatic rings. The number of halogens is 2. The van der Waals surface area contributed by atoms with Crippen LogP contribution in [0.15, 0.2) is 35.2 Å². The van der Waals surface area contributed by atoms with E-state index in [0.717, 1.165) is 42.1 Å². The van der Waals surface area contributed by atoms with Crippen molar-refractivity contribution in [3.8, 4) is 16.9 Å². The topological polar surface area (TPSA) is 21.3 Å². The molecule has 5 heteroatoms. The molecule has 0 radical (unpaired) electrons. The maximum atomic E-state index is 6.50. The van der Waals surface area contributed by atoms with E-state index in [1.807, 2.05) is 30.0 Å². The molecule has 2 nitrogen and oxygen atoms in total. The van der Waals surface area contributed by atoms with Crippen molar-refractivity contribution in [3.63, 3.8) is 0 Å². The molecule has 1 fully saturated rings. The lowest BCUT2D eigenvalue weighted by atomic mass is 9.89. The van der Waals surface area contributed by atoms with Gasteiger partial charge < -0.3 is 10.1 Å². The highest BCUT2D eigenvalue weighted by atomic mass is 35.5. The summed E-state index contributed by atoms with van der Waals surface area (Å²) in [6.45, 7) is 4.24. The number of ether oxygens (including phenoxy) is 1. The lowest BCUT2D eigenvalue weighted by molar-refractivity contribution is 0.169. The second-order valence-corrected chi connectivity index (χ2v) is 8.95. The standard InChI is InChI=1S/C21H23Cl2NOS/c1-2-3-8-26-20-10-13(15-5-4-14(22)11-18(15)23)9-16-17-12-24-7-6-19(17)25-21(16)20/h4-5,9-11,17,19,24H,2-3,6-8,12H2,1H3. The van der Waals surface area contributed by atoms with Crippen LogP contribution in [0.5, 0.6) is 5.75 Å².